The largest absolute Gasteiger partial charge is 0.216 e. The minimum Gasteiger partial charge on any atom is -0.215 e. The summed E-state index contributed by atoms with van der Waals surface area (Å²) in [7, 11) is -3.17. The molecule has 0 aromatic rings. The summed E-state index contributed by atoms with van der Waals surface area (Å²) in [5, 5.41) is 0. The second-order valence-corrected chi connectivity index (χ2v) is 6.80. The summed E-state index contributed by atoms with van der Waals surface area (Å²) in [5.41, 5.74) is 0. The van der Waals surface area contributed by atoms with Crippen LogP contribution in [0.2, 0.25) is 0 Å². The molecular weight excluding hydrogens is 210 g/mol. The fraction of sp³-hybridized carbons (Fsp3) is 1.00. The molecule has 80 valence electrons. The number of sulfonamides is 1. The lowest BCUT2D eigenvalue weighted by molar-refractivity contribution is 0.542. The van der Waals surface area contributed by atoms with Gasteiger partial charge in [0.25, 0.3) is 0 Å². The molecule has 0 fully saturated rings. The zero-order chi connectivity index (χ0) is 10.5. The van der Waals surface area contributed by atoms with Gasteiger partial charge in [0.2, 0.25) is 10.0 Å². The highest BCUT2D eigenvalue weighted by molar-refractivity contribution is 7.90. The van der Waals surface area contributed by atoms with Crippen LogP contribution in [-0.4, -0.2) is 25.6 Å². The van der Waals surface area contributed by atoms with Crippen molar-refractivity contribution in [3.63, 3.8) is 0 Å². The van der Waals surface area contributed by atoms with Crippen molar-refractivity contribution in [2.45, 2.75) is 38.4 Å². The maximum absolute atomic E-state index is 11.5. The van der Waals surface area contributed by atoms with Gasteiger partial charge in [-0.25, -0.2) is 13.1 Å². The number of rotatable bonds is 5. The Morgan fingerprint density at radius 2 is 1.77 bits per heavy atom. The standard InChI is InChI=1S/C8H18ClNO2S/c1-8(2,3)13(11,12)10-7-5-4-6-9/h10H,4-7H2,1-3H3. The van der Waals surface area contributed by atoms with E-state index in [0.717, 1.165) is 12.8 Å². The Morgan fingerprint density at radius 1 is 1.23 bits per heavy atom. The molecule has 0 aromatic heterocycles. The van der Waals surface area contributed by atoms with E-state index in [9.17, 15) is 8.42 Å². The van der Waals surface area contributed by atoms with E-state index in [2.05, 4.69) is 4.72 Å². The maximum Gasteiger partial charge on any atom is 0.216 e. The smallest absolute Gasteiger partial charge is 0.215 e. The molecule has 5 heteroatoms. The number of hydrogen-bond acceptors (Lipinski definition) is 2. The summed E-state index contributed by atoms with van der Waals surface area (Å²) in [6, 6.07) is 0. The fourth-order valence-electron chi connectivity index (χ4n) is 0.643. The lowest BCUT2D eigenvalue weighted by atomic mass is 10.3. The van der Waals surface area contributed by atoms with Gasteiger partial charge in [0.05, 0.1) is 4.75 Å². The number of hydrogen-bond donors (Lipinski definition) is 1. The van der Waals surface area contributed by atoms with E-state index in [4.69, 9.17) is 11.6 Å². The normalized spacial score (nSPS) is 13.2. The molecule has 13 heavy (non-hydrogen) atoms. The van der Waals surface area contributed by atoms with Crippen LogP contribution in [-0.2, 0) is 10.0 Å². The molecule has 0 unspecified atom stereocenters. The van der Waals surface area contributed by atoms with Crippen LogP contribution in [0.15, 0.2) is 0 Å². The lowest BCUT2D eigenvalue weighted by Crippen LogP contribution is -2.39. The van der Waals surface area contributed by atoms with Crippen LogP contribution < -0.4 is 4.72 Å². The highest BCUT2D eigenvalue weighted by atomic mass is 35.5. The van der Waals surface area contributed by atoms with Crippen LogP contribution in [0.3, 0.4) is 0 Å². The average Bonchev–Trinajstić information content (AvgIpc) is 1.96. The molecule has 0 saturated carbocycles. The van der Waals surface area contributed by atoms with E-state index in [1.807, 2.05) is 0 Å². The van der Waals surface area contributed by atoms with Gasteiger partial charge in [-0.05, 0) is 33.6 Å². The van der Waals surface area contributed by atoms with E-state index in [0.29, 0.717) is 12.4 Å². The Hall–Kier alpha value is 0.200. The molecule has 3 nitrogen and oxygen atoms in total. The Balaban J connectivity index is 3.92. The van der Waals surface area contributed by atoms with E-state index in [-0.39, 0.29) is 0 Å². The molecule has 0 spiro atoms. The Bertz CT molecular complexity index is 231. The molecule has 0 radical (unpaired) electrons. The molecule has 0 saturated heterocycles. The zero-order valence-corrected chi connectivity index (χ0v) is 10.0. The molecule has 0 heterocycles. The first kappa shape index (κ1) is 13.2. The summed E-state index contributed by atoms with van der Waals surface area (Å²) in [6.07, 6.45) is 1.63. The van der Waals surface area contributed by atoms with Gasteiger partial charge in [0.15, 0.2) is 0 Å². The van der Waals surface area contributed by atoms with Gasteiger partial charge in [-0.1, -0.05) is 0 Å². The Kier molecular flexibility index (Phi) is 5.25. The number of nitrogens with one attached hydrogen (secondary N) is 1. The minimum absolute atomic E-state index is 0.478. The molecule has 1 N–H and O–H groups in total. The van der Waals surface area contributed by atoms with Crippen molar-refractivity contribution in [1.29, 1.82) is 0 Å². The summed E-state index contributed by atoms with van der Waals surface area (Å²) in [4.78, 5) is 0. The summed E-state index contributed by atoms with van der Waals surface area (Å²) >= 11 is 5.46. The van der Waals surface area contributed by atoms with Gasteiger partial charge in [0, 0.05) is 12.4 Å². The monoisotopic (exact) mass is 227 g/mol. The third kappa shape index (κ3) is 4.84. The van der Waals surface area contributed by atoms with Crippen LogP contribution >= 0.6 is 11.6 Å². The first-order chi connectivity index (χ1) is 5.81. The minimum atomic E-state index is -3.17. The average molecular weight is 228 g/mol. The van der Waals surface area contributed by atoms with Gasteiger partial charge in [-0.3, -0.25) is 0 Å². The molecular formula is C8H18ClNO2S. The molecule has 0 atom stereocenters. The summed E-state index contributed by atoms with van der Waals surface area (Å²) < 4.78 is 24.8. The van der Waals surface area contributed by atoms with Crippen LogP contribution in [0.1, 0.15) is 33.6 Å². The Morgan fingerprint density at radius 3 is 2.15 bits per heavy atom. The van der Waals surface area contributed by atoms with Crippen molar-refractivity contribution in [2.24, 2.45) is 0 Å². The van der Waals surface area contributed by atoms with E-state index >= 15 is 0 Å². The molecule has 0 aliphatic heterocycles. The van der Waals surface area contributed by atoms with Crippen molar-refractivity contribution in [3.8, 4) is 0 Å². The quantitative estimate of drug-likeness (QED) is 0.574. The molecule has 0 aliphatic rings. The summed E-state index contributed by atoms with van der Waals surface area (Å²) in [6.45, 7) is 5.51. The van der Waals surface area contributed by atoms with Crippen molar-refractivity contribution >= 4 is 21.6 Å². The highest BCUT2D eigenvalue weighted by Gasteiger charge is 2.27. The van der Waals surface area contributed by atoms with E-state index < -0.39 is 14.8 Å². The van der Waals surface area contributed by atoms with Crippen LogP contribution in [0.5, 0.6) is 0 Å². The van der Waals surface area contributed by atoms with Crippen LogP contribution in [0.4, 0.5) is 0 Å². The highest BCUT2D eigenvalue weighted by Crippen LogP contribution is 2.12. The van der Waals surface area contributed by atoms with Crippen LogP contribution in [0, 0.1) is 0 Å². The molecule has 0 amide bonds. The second-order valence-electron chi connectivity index (χ2n) is 3.91. The first-order valence-electron chi connectivity index (χ1n) is 4.36. The second kappa shape index (κ2) is 5.17. The maximum atomic E-state index is 11.5. The number of alkyl halides is 1. The zero-order valence-electron chi connectivity index (χ0n) is 8.43. The van der Waals surface area contributed by atoms with Gasteiger partial charge in [0.1, 0.15) is 0 Å². The number of unbranched alkanes of at least 4 members (excludes halogenated alkanes) is 1. The summed E-state index contributed by atoms with van der Waals surface area (Å²) in [5.74, 6) is 0.581. The molecule has 0 rings (SSSR count). The van der Waals surface area contributed by atoms with Gasteiger partial charge < -0.3 is 0 Å². The third-order valence-electron chi connectivity index (χ3n) is 1.66. The third-order valence-corrected chi connectivity index (χ3v) is 4.12. The number of halogens is 1. The van der Waals surface area contributed by atoms with Crippen molar-refractivity contribution in [1.82, 2.24) is 4.72 Å². The van der Waals surface area contributed by atoms with Crippen LogP contribution in [0.25, 0.3) is 0 Å². The molecule has 0 aromatic carbocycles. The molecule has 0 aliphatic carbocycles. The predicted molar refractivity (Wildman–Crippen MR) is 56.6 cm³/mol. The van der Waals surface area contributed by atoms with E-state index in [1.165, 1.54) is 0 Å². The van der Waals surface area contributed by atoms with Gasteiger partial charge in [-0.15, -0.1) is 11.6 Å². The first-order valence-corrected chi connectivity index (χ1v) is 6.38. The van der Waals surface area contributed by atoms with Crippen molar-refractivity contribution < 1.29 is 8.42 Å². The lowest BCUT2D eigenvalue weighted by Gasteiger charge is -2.19. The fourth-order valence-corrected chi connectivity index (χ4v) is 1.68. The molecule has 0 bridgehead atoms. The predicted octanol–water partition coefficient (Wildman–Crippen LogP) is 1.72. The van der Waals surface area contributed by atoms with Crippen molar-refractivity contribution in [2.75, 3.05) is 12.4 Å². The van der Waals surface area contributed by atoms with Crippen molar-refractivity contribution in [3.05, 3.63) is 0 Å². The Labute approximate surface area is 85.9 Å². The topological polar surface area (TPSA) is 46.2 Å². The van der Waals surface area contributed by atoms with Gasteiger partial charge in [-0.2, -0.15) is 0 Å². The van der Waals surface area contributed by atoms with E-state index in [1.54, 1.807) is 20.8 Å². The SMILES string of the molecule is CC(C)(C)S(=O)(=O)NCCCCCl. The van der Waals surface area contributed by atoms with Gasteiger partial charge >= 0.3 is 0 Å².